The second-order valence-electron chi connectivity index (χ2n) is 7.07. The van der Waals surface area contributed by atoms with Crippen LogP contribution in [0.25, 0.3) is 11.0 Å². The number of imidazole rings is 1. The van der Waals surface area contributed by atoms with Crippen molar-refractivity contribution in [2.45, 2.75) is 32.2 Å². The second kappa shape index (κ2) is 7.20. The fourth-order valence-electron chi connectivity index (χ4n) is 3.55. The highest BCUT2D eigenvalue weighted by Gasteiger charge is 2.26. The van der Waals surface area contributed by atoms with Gasteiger partial charge < -0.3 is 15.2 Å². The van der Waals surface area contributed by atoms with E-state index in [1.807, 2.05) is 29.2 Å². The number of benzene rings is 2. The van der Waals surface area contributed by atoms with Crippen LogP contribution in [0.3, 0.4) is 0 Å². The van der Waals surface area contributed by atoms with Crippen LogP contribution in [0.1, 0.15) is 35.7 Å². The van der Waals surface area contributed by atoms with Crippen LogP contribution in [-0.2, 0) is 6.54 Å². The number of rotatable bonds is 3. The molecule has 1 fully saturated rings. The number of nitrogens with one attached hydrogen (secondary N) is 2. The van der Waals surface area contributed by atoms with Gasteiger partial charge in [-0.05, 0) is 37.5 Å². The number of amides is 2. The molecule has 2 N–H and O–H groups in total. The van der Waals surface area contributed by atoms with Crippen molar-refractivity contribution in [3.63, 3.8) is 0 Å². The molecule has 26 heavy (non-hydrogen) atoms. The number of fused-ring (bicyclic) bond motifs is 1. The van der Waals surface area contributed by atoms with Gasteiger partial charge in [-0.3, -0.25) is 0 Å². The van der Waals surface area contributed by atoms with Crippen molar-refractivity contribution in [1.29, 1.82) is 0 Å². The molecule has 0 bridgehead atoms. The summed E-state index contributed by atoms with van der Waals surface area (Å²) in [5.41, 5.74) is 4.39. The van der Waals surface area contributed by atoms with Gasteiger partial charge in [-0.2, -0.15) is 0 Å². The molecular formula is C21H24N4O. The third-order valence-electron chi connectivity index (χ3n) is 5.07. The fourth-order valence-corrected chi connectivity index (χ4v) is 3.55. The van der Waals surface area contributed by atoms with Crippen molar-refractivity contribution in [1.82, 2.24) is 20.2 Å². The minimum atomic E-state index is 0.00591. The topological polar surface area (TPSA) is 61.0 Å². The van der Waals surface area contributed by atoms with Crippen molar-refractivity contribution >= 4 is 17.1 Å². The van der Waals surface area contributed by atoms with Gasteiger partial charge in [0.15, 0.2) is 0 Å². The average molecular weight is 348 g/mol. The van der Waals surface area contributed by atoms with E-state index in [0.717, 1.165) is 41.8 Å². The summed E-state index contributed by atoms with van der Waals surface area (Å²) in [6, 6.07) is 16.3. The molecule has 2 heterocycles. The van der Waals surface area contributed by atoms with Gasteiger partial charge in [0, 0.05) is 25.6 Å². The number of hydrogen-bond donors (Lipinski definition) is 2. The Bertz CT molecular complexity index is 867. The first kappa shape index (κ1) is 16.6. The molecule has 3 aromatic rings. The zero-order valence-corrected chi connectivity index (χ0v) is 15.0. The number of H-pyrrole nitrogens is 1. The van der Waals surface area contributed by atoms with Gasteiger partial charge in [-0.15, -0.1) is 0 Å². The number of piperidine rings is 1. The lowest BCUT2D eigenvalue weighted by Crippen LogP contribution is -2.44. The molecule has 4 rings (SSSR count). The molecule has 1 aromatic heterocycles. The molecule has 2 aromatic carbocycles. The standard InChI is InChI=1S/C21H24N4O/c1-15-8-10-16(11-9-15)13-22-21(26)25-12-4-5-17(14-25)20-23-18-6-2-3-7-19(18)24-20/h2-3,6-11,17H,4-5,12-14H2,1H3,(H,22,26)(H,23,24). The first-order chi connectivity index (χ1) is 12.7. The van der Waals surface area contributed by atoms with E-state index < -0.39 is 0 Å². The number of carbonyl (C=O) groups excluding carboxylic acids is 1. The molecule has 1 saturated heterocycles. The van der Waals surface area contributed by atoms with Crippen LogP contribution >= 0.6 is 0 Å². The third kappa shape index (κ3) is 3.57. The zero-order chi connectivity index (χ0) is 17.9. The van der Waals surface area contributed by atoms with Gasteiger partial charge in [0.25, 0.3) is 0 Å². The van der Waals surface area contributed by atoms with Gasteiger partial charge in [0.05, 0.1) is 11.0 Å². The SMILES string of the molecule is Cc1ccc(CNC(=O)N2CCCC(c3nc4ccccc4[nH]3)C2)cc1. The lowest BCUT2D eigenvalue weighted by molar-refractivity contribution is 0.178. The Hall–Kier alpha value is -2.82. The number of likely N-dealkylation sites (tertiary alicyclic amines) is 1. The highest BCUT2D eigenvalue weighted by molar-refractivity contribution is 5.75. The Morgan fingerprint density at radius 3 is 2.85 bits per heavy atom. The van der Waals surface area contributed by atoms with E-state index in [-0.39, 0.29) is 11.9 Å². The summed E-state index contributed by atoms with van der Waals surface area (Å²) in [5, 5.41) is 3.04. The van der Waals surface area contributed by atoms with Crippen molar-refractivity contribution in [2.24, 2.45) is 0 Å². The number of aromatic nitrogens is 2. The van der Waals surface area contributed by atoms with Crippen LogP contribution in [0.4, 0.5) is 4.79 Å². The van der Waals surface area contributed by atoms with E-state index in [1.165, 1.54) is 5.56 Å². The van der Waals surface area contributed by atoms with Gasteiger partial charge in [0.1, 0.15) is 5.82 Å². The van der Waals surface area contributed by atoms with E-state index >= 15 is 0 Å². The monoisotopic (exact) mass is 348 g/mol. The van der Waals surface area contributed by atoms with E-state index in [1.54, 1.807) is 0 Å². The van der Waals surface area contributed by atoms with Crippen molar-refractivity contribution in [2.75, 3.05) is 13.1 Å². The molecule has 2 amide bonds. The van der Waals surface area contributed by atoms with Crippen LogP contribution in [0.15, 0.2) is 48.5 Å². The molecule has 1 aliphatic rings. The Balaban J connectivity index is 1.39. The molecule has 0 aliphatic carbocycles. The Morgan fingerprint density at radius 1 is 1.23 bits per heavy atom. The minimum absolute atomic E-state index is 0.00591. The summed E-state index contributed by atoms with van der Waals surface area (Å²) in [7, 11) is 0. The minimum Gasteiger partial charge on any atom is -0.342 e. The molecule has 0 spiro atoms. The maximum absolute atomic E-state index is 12.6. The fraction of sp³-hybridized carbons (Fsp3) is 0.333. The van der Waals surface area contributed by atoms with Crippen LogP contribution in [0.2, 0.25) is 0 Å². The number of carbonyl (C=O) groups is 1. The largest absolute Gasteiger partial charge is 0.342 e. The van der Waals surface area contributed by atoms with Crippen LogP contribution in [0, 0.1) is 6.92 Å². The molecule has 1 atom stereocenters. The van der Waals surface area contributed by atoms with E-state index in [0.29, 0.717) is 13.1 Å². The summed E-state index contributed by atoms with van der Waals surface area (Å²) in [5.74, 6) is 1.25. The highest BCUT2D eigenvalue weighted by atomic mass is 16.2. The van der Waals surface area contributed by atoms with Crippen molar-refractivity contribution in [3.05, 3.63) is 65.5 Å². The lowest BCUT2D eigenvalue weighted by atomic mass is 9.97. The number of nitrogens with zero attached hydrogens (tertiary/aromatic N) is 2. The molecule has 134 valence electrons. The summed E-state index contributed by atoms with van der Waals surface area (Å²) in [6.45, 7) is 4.13. The first-order valence-electron chi connectivity index (χ1n) is 9.22. The molecule has 5 heteroatoms. The predicted molar refractivity (Wildman–Crippen MR) is 103 cm³/mol. The maximum atomic E-state index is 12.6. The highest BCUT2D eigenvalue weighted by Crippen LogP contribution is 2.26. The molecule has 5 nitrogen and oxygen atoms in total. The molecular weight excluding hydrogens is 324 g/mol. The van der Waals surface area contributed by atoms with E-state index in [4.69, 9.17) is 4.98 Å². The van der Waals surface area contributed by atoms with Crippen molar-refractivity contribution < 1.29 is 4.79 Å². The summed E-state index contributed by atoms with van der Waals surface area (Å²) >= 11 is 0. The molecule has 0 saturated carbocycles. The first-order valence-corrected chi connectivity index (χ1v) is 9.22. The summed E-state index contributed by atoms with van der Waals surface area (Å²) in [4.78, 5) is 22.6. The average Bonchev–Trinajstić information content (AvgIpc) is 3.12. The quantitative estimate of drug-likeness (QED) is 0.752. The van der Waals surface area contributed by atoms with E-state index in [2.05, 4.69) is 41.5 Å². The van der Waals surface area contributed by atoms with Crippen LogP contribution in [0.5, 0.6) is 0 Å². The number of urea groups is 1. The number of para-hydroxylation sites is 2. The zero-order valence-electron chi connectivity index (χ0n) is 15.0. The molecule has 0 radical (unpaired) electrons. The number of hydrogen-bond acceptors (Lipinski definition) is 2. The summed E-state index contributed by atoms with van der Waals surface area (Å²) in [6.07, 6.45) is 2.06. The maximum Gasteiger partial charge on any atom is 0.317 e. The van der Waals surface area contributed by atoms with Gasteiger partial charge in [0.2, 0.25) is 0 Å². The van der Waals surface area contributed by atoms with Crippen molar-refractivity contribution in [3.8, 4) is 0 Å². The Morgan fingerprint density at radius 2 is 2.04 bits per heavy atom. The Kier molecular flexibility index (Phi) is 4.61. The van der Waals surface area contributed by atoms with Gasteiger partial charge in [-0.25, -0.2) is 9.78 Å². The van der Waals surface area contributed by atoms with E-state index in [9.17, 15) is 4.79 Å². The molecule has 1 aliphatic heterocycles. The van der Waals surface area contributed by atoms with Crippen LogP contribution < -0.4 is 5.32 Å². The summed E-state index contributed by atoms with van der Waals surface area (Å²) < 4.78 is 0. The Labute approximate surface area is 153 Å². The predicted octanol–water partition coefficient (Wildman–Crippen LogP) is 3.96. The van der Waals surface area contributed by atoms with Gasteiger partial charge in [-0.1, -0.05) is 42.0 Å². The van der Waals surface area contributed by atoms with Crippen LogP contribution in [-0.4, -0.2) is 34.0 Å². The number of aromatic amines is 1. The normalized spacial score (nSPS) is 17.4. The smallest absolute Gasteiger partial charge is 0.317 e. The third-order valence-corrected chi connectivity index (χ3v) is 5.07. The lowest BCUT2D eigenvalue weighted by Gasteiger charge is -2.31. The second-order valence-corrected chi connectivity index (χ2v) is 7.07. The number of aryl methyl sites for hydroxylation is 1. The molecule has 1 unspecified atom stereocenters. The van der Waals surface area contributed by atoms with Gasteiger partial charge >= 0.3 is 6.03 Å².